The smallest absolute Gasteiger partial charge is 0.319 e. The van der Waals surface area contributed by atoms with Crippen LogP contribution >= 0.6 is 0 Å². The molecule has 0 bridgehead atoms. The van der Waals surface area contributed by atoms with Crippen molar-refractivity contribution in [2.75, 3.05) is 30.4 Å². The van der Waals surface area contributed by atoms with E-state index in [1.807, 2.05) is 36.4 Å². The van der Waals surface area contributed by atoms with Gasteiger partial charge in [0.1, 0.15) is 12.0 Å². The highest BCUT2D eigenvalue weighted by Gasteiger charge is 2.21. The normalized spacial score (nSPS) is 13.3. The second-order valence-corrected chi connectivity index (χ2v) is 7.20. The van der Waals surface area contributed by atoms with Crippen LogP contribution in [-0.4, -0.2) is 37.1 Å². The third-order valence-electron chi connectivity index (χ3n) is 5.07. The molecular weight excluding hydrogens is 396 g/mol. The zero-order valence-electron chi connectivity index (χ0n) is 17.3. The molecule has 31 heavy (non-hydrogen) atoms. The largest absolute Gasteiger partial charge is 0.497 e. The van der Waals surface area contributed by atoms with Crippen LogP contribution in [0.2, 0.25) is 0 Å². The average molecular weight is 420 g/mol. The zero-order chi connectivity index (χ0) is 21.6. The van der Waals surface area contributed by atoms with Gasteiger partial charge in [0.2, 0.25) is 11.8 Å². The third-order valence-corrected chi connectivity index (χ3v) is 5.07. The molecule has 0 aliphatic carbocycles. The number of nitrogens with zero attached hydrogens (tertiary/aromatic N) is 2. The van der Waals surface area contributed by atoms with Gasteiger partial charge in [0.05, 0.1) is 12.8 Å². The summed E-state index contributed by atoms with van der Waals surface area (Å²) in [5.74, 6) is 1.44. The Morgan fingerprint density at radius 1 is 1.16 bits per heavy atom. The Bertz CT molecular complexity index is 1040. The Hall–Kier alpha value is -3.81. The van der Waals surface area contributed by atoms with Gasteiger partial charge in [-0.3, -0.25) is 4.79 Å². The molecule has 0 atom stereocenters. The molecule has 3 amide bonds. The lowest BCUT2D eigenvalue weighted by molar-refractivity contribution is -0.117. The fourth-order valence-electron chi connectivity index (χ4n) is 3.41. The summed E-state index contributed by atoms with van der Waals surface area (Å²) in [7, 11) is 1.62. The number of carbonyl (C=O) groups is 2. The first-order valence-electron chi connectivity index (χ1n) is 10.2. The van der Waals surface area contributed by atoms with E-state index in [4.69, 9.17) is 9.15 Å². The molecule has 1 aliphatic rings. The zero-order valence-corrected chi connectivity index (χ0v) is 17.3. The van der Waals surface area contributed by atoms with Crippen LogP contribution in [0, 0.1) is 0 Å². The molecule has 1 aliphatic heterocycles. The van der Waals surface area contributed by atoms with E-state index in [-0.39, 0.29) is 11.9 Å². The molecule has 8 nitrogen and oxygen atoms in total. The summed E-state index contributed by atoms with van der Waals surface area (Å²) in [4.78, 5) is 30.2. The van der Waals surface area contributed by atoms with Crippen molar-refractivity contribution in [2.24, 2.45) is 0 Å². The van der Waals surface area contributed by atoms with Gasteiger partial charge in [0, 0.05) is 42.9 Å². The number of methoxy groups -OCH3 is 1. The van der Waals surface area contributed by atoms with Gasteiger partial charge < -0.3 is 24.7 Å². The van der Waals surface area contributed by atoms with Crippen LogP contribution in [0.15, 0.2) is 59.2 Å². The van der Waals surface area contributed by atoms with Gasteiger partial charge in [-0.25, -0.2) is 9.78 Å². The van der Waals surface area contributed by atoms with Gasteiger partial charge in [-0.15, -0.1) is 0 Å². The third kappa shape index (κ3) is 5.03. The molecule has 160 valence electrons. The van der Waals surface area contributed by atoms with E-state index in [1.165, 1.54) is 0 Å². The molecule has 3 aromatic rings. The van der Waals surface area contributed by atoms with Gasteiger partial charge in [0.25, 0.3) is 0 Å². The van der Waals surface area contributed by atoms with Gasteiger partial charge in [-0.05, 0) is 55.0 Å². The first kappa shape index (κ1) is 20.5. The highest BCUT2D eigenvalue weighted by Crippen LogP contribution is 2.23. The molecule has 8 heteroatoms. The van der Waals surface area contributed by atoms with Crippen LogP contribution in [0.1, 0.15) is 18.5 Å². The summed E-state index contributed by atoms with van der Waals surface area (Å²) in [5, 5.41) is 5.60. The minimum atomic E-state index is -0.302. The quantitative estimate of drug-likeness (QED) is 0.605. The van der Waals surface area contributed by atoms with Crippen molar-refractivity contribution < 1.29 is 18.7 Å². The summed E-state index contributed by atoms with van der Waals surface area (Å²) < 4.78 is 10.7. The second-order valence-electron chi connectivity index (χ2n) is 7.20. The first-order chi connectivity index (χ1) is 15.1. The molecule has 2 aromatic carbocycles. The van der Waals surface area contributed by atoms with E-state index < -0.39 is 0 Å². The Kier molecular flexibility index (Phi) is 6.16. The number of ether oxygens (including phenoxy) is 1. The SMILES string of the molecule is COc1ccc(-c2nc(CCNC(=O)Nc3ccc(N4CCCC4=O)cc3)co2)cc1. The monoisotopic (exact) mass is 420 g/mol. The number of aromatic nitrogens is 1. The van der Waals surface area contributed by atoms with Crippen LogP contribution in [0.5, 0.6) is 5.75 Å². The molecule has 1 saturated heterocycles. The maximum atomic E-state index is 12.1. The maximum absolute atomic E-state index is 12.1. The summed E-state index contributed by atoms with van der Waals surface area (Å²) >= 11 is 0. The predicted molar refractivity (Wildman–Crippen MR) is 117 cm³/mol. The number of carbonyl (C=O) groups excluding carboxylic acids is 2. The molecule has 0 unspecified atom stereocenters. The average Bonchev–Trinajstić information content (AvgIpc) is 3.43. The van der Waals surface area contributed by atoms with Crippen molar-refractivity contribution in [2.45, 2.75) is 19.3 Å². The summed E-state index contributed by atoms with van der Waals surface area (Å²) in [6.45, 7) is 1.16. The van der Waals surface area contributed by atoms with Crippen molar-refractivity contribution in [3.05, 3.63) is 60.5 Å². The van der Waals surface area contributed by atoms with Gasteiger partial charge in [0.15, 0.2) is 0 Å². The van der Waals surface area contributed by atoms with Crippen molar-refractivity contribution in [1.82, 2.24) is 10.3 Å². The van der Waals surface area contributed by atoms with Crippen LogP contribution in [0.25, 0.3) is 11.5 Å². The summed E-state index contributed by atoms with van der Waals surface area (Å²) in [6, 6.07) is 14.4. The lowest BCUT2D eigenvalue weighted by Gasteiger charge is -2.16. The molecule has 0 spiro atoms. The van der Waals surface area contributed by atoms with Crippen LogP contribution in [0.3, 0.4) is 0 Å². The molecule has 0 radical (unpaired) electrons. The molecule has 0 saturated carbocycles. The number of amides is 3. The van der Waals surface area contributed by atoms with Crippen molar-refractivity contribution in [1.29, 1.82) is 0 Å². The molecule has 4 rings (SSSR count). The number of hydrogen-bond donors (Lipinski definition) is 2. The lowest BCUT2D eigenvalue weighted by Crippen LogP contribution is -2.30. The van der Waals surface area contributed by atoms with Crippen LogP contribution in [-0.2, 0) is 11.2 Å². The minimum absolute atomic E-state index is 0.140. The van der Waals surface area contributed by atoms with Crippen molar-refractivity contribution in [3.8, 4) is 17.2 Å². The Morgan fingerprint density at radius 3 is 2.61 bits per heavy atom. The molecule has 2 N–H and O–H groups in total. The van der Waals surface area contributed by atoms with Crippen LogP contribution in [0.4, 0.5) is 16.2 Å². The Labute approximate surface area is 180 Å². The van der Waals surface area contributed by atoms with E-state index in [0.29, 0.717) is 31.0 Å². The molecule has 1 aromatic heterocycles. The number of rotatable bonds is 7. The first-order valence-corrected chi connectivity index (χ1v) is 10.2. The number of oxazole rings is 1. The highest BCUT2D eigenvalue weighted by atomic mass is 16.5. The van der Waals surface area contributed by atoms with E-state index >= 15 is 0 Å². The Balaban J connectivity index is 1.24. The van der Waals surface area contributed by atoms with Crippen molar-refractivity contribution in [3.63, 3.8) is 0 Å². The fraction of sp³-hybridized carbons (Fsp3) is 0.261. The van der Waals surface area contributed by atoms with Gasteiger partial charge in [-0.1, -0.05) is 0 Å². The number of hydrogen-bond acceptors (Lipinski definition) is 5. The molecule has 1 fully saturated rings. The topological polar surface area (TPSA) is 96.7 Å². The summed E-state index contributed by atoms with van der Waals surface area (Å²) in [6.07, 6.45) is 3.62. The summed E-state index contributed by atoms with van der Waals surface area (Å²) in [5.41, 5.74) is 3.13. The van der Waals surface area contributed by atoms with E-state index in [0.717, 1.165) is 35.7 Å². The number of anilines is 2. The van der Waals surface area contributed by atoms with E-state index in [1.54, 1.807) is 30.4 Å². The molecule has 2 heterocycles. The van der Waals surface area contributed by atoms with E-state index in [2.05, 4.69) is 15.6 Å². The van der Waals surface area contributed by atoms with Crippen LogP contribution < -0.4 is 20.3 Å². The maximum Gasteiger partial charge on any atom is 0.319 e. The van der Waals surface area contributed by atoms with Gasteiger partial charge >= 0.3 is 6.03 Å². The van der Waals surface area contributed by atoms with Gasteiger partial charge in [-0.2, -0.15) is 0 Å². The van der Waals surface area contributed by atoms with Crippen molar-refractivity contribution >= 4 is 23.3 Å². The number of nitrogens with one attached hydrogen (secondary N) is 2. The number of benzene rings is 2. The van der Waals surface area contributed by atoms with E-state index in [9.17, 15) is 9.59 Å². The minimum Gasteiger partial charge on any atom is -0.497 e. The lowest BCUT2D eigenvalue weighted by atomic mass is 10.2. The number of urea groups is 1. The Morgan fingerprint density at radius 2 is 1.94 bits per heavy atom. The second kappa shape index (κ2) is 9.34. The molecular formula is C23H24N4O4. The fourth-order valence-corrected chi connectivity index (χ4v) is 3.41. The predicted octanol–water partition coefficient (Wildman–Crippen LogP) is 3.84. The standard InChI is InChI=1S/C23H24N4O4/c1-30-20-10-4-16(5-11-20)22-25-18(15-31-22)12-13-24-23(29)26-17-6-8-19(9-7-17)27-14-2-3-21(27)28/h4-11,15H,2-3,12-14H2,1H3,(H2,24,26,29). The highest BCUT2D eigenvalue weighted by molar-refractivity contribution is 5.96.